The molecule has 0 aromatic heterocycles. The van der Waals surface area contributed by atoms with Crippen LogP contribution in [0.2, 0.25) is 0 Å². The van der Waals surface area contributed by atoms with Crippen molar-refractivity contribution in [3.8, 4) is 0 Å². The molecule has 4 heteroatoms. The van der Waals surface area contributed by atoms with Gasteiger partial charge in [0, 0.05) is 19.2 Å². The van der Waals surface area contributed by atoms with E-state index in [1.165, 1.54) is 11.0 Å². The van der Waals surface area contributed by atoms with E-state index in [4.69, 9.17) is 5.11 Å². The van der Waals surface area contributed by atoms with Gasteiger partial charge in [0.05, 0.1) is 6.42 Å². The Hall–Kier alpha value is -1.32. The van der Waals surface area contributed by atoms with Crippen molar-refractivity contribution < 1.29 is 14.7 Å². The summed E-state index contributed by atoms with van der Waals surface area (Å²) in [6, 6.07) is 0. The van der Waals surface area contributed by atoms with Crippen LogP contribution in [-0.2, 0) is 9.59 Å². The van der Waals surface area contributed by atoms with E-state index in [2.05, 4.69) is 0 Å². The largest absolute Gasteiger partial charge is 0.481 e. The smallest absolute Gasteiger partial charge is 0.305 e. The minimum absolute atomic E-state index is 0.0212. The molecular formula is C7H9NO3. The molecule has 1 rings (SSSR count). The van der Waals surface area contributed by atoms with Crippen molar-refractivity contribution in [2.24, 2.45) is 0 Å². The lowest BCUT2D eigenvalue weighted by Gasteiger charge is -2.12. The van der Waals surface area contributed by atoms with Crippen molar-refractivity contribution in [1.29, 1.82) is 0 Å². The van der Waals surface area contributed by atoms with Gasteiger partial charge in [-0.2, -0.15) is 0 Å². The van der Waals surface area contributed by atoms with Crippen LogP contribution in [0.4, 0.5) is 0 Å². The highest BCUT2D eigenvalue weighted by Gasteiger charge is 2.14. The average molecular weight is 155 g/mol. The third-order valence-corrected chi connectivity index (χ3v) is 1.49. The summed E-state index contributed by atoms with van der Waals surface area (Å²) in [5, 5.41) is 8.30. The van der Waals surface area contributed by atoms with E-state index in [1.807, 2.05) is 0 Å². The zero-order chi connectivity index (χ0) is 8.27. The van der Waals surface area contributed by atoms with Crippen LogP contribution in [0.1, 0.15) is 6.42 Å². The lowest BCUT2D eigenvalue weighted by molar-refractivity contribution is -0.137. The quantitative estimate of drug-likeness (QED) is 0.617. The van der Waals surface area contributed by atoms with Gasteiger partial charge >= 0.3 is 5.97 Å². The normalized spacial score (nSPS) is 16.0. The number of hydrogen-bond donors (Lipinski definition) is 1. The Morgan fingerprint density at radius 1 is 1.73 bits per heavy atom. The summed E-state index contributed by atoms with van der Waals surface area (Å²) < 4.78 is 0. The maximum atomic E-state index is 10.8. The molecule has 0 radical (unpaired) electrons. The number of carboxylic acids is 1. The monoisotopic (exact) mass is 155 g/mol. The zero-order valence-corrected chi connectivity index (χ0v) is 5.99. The van der Waals surface area contributed by atoms with E-state index in [-0.39, 0.29) is 12.3 Å². The highest BCUT2D eigenvalue weighted by atomic mass is 16.4. The van der Waals surface area contributed by atoms with Crippen LogP contribution in [0.25, 0.3) is 0 Å². The molecule has 1 aliphatic rings. The molecule has 1 heterocycles. The second-order valence-electron chi connectivity index (χ2n) is 2.33. The number of carboxylic acid groups (broad SMARTS) is 1. The molecule has 0 aromatic carbocycles. The summed E-state index contributed by atoms with van der Waals surface area (Å²) in [7, 11) is 0. The van der Waals surface area contributed by atoms with E-state index in [9.17, 15) is 9.59 Å². The Morgan fingerprint density at radius 3 is 2.91 bits per heavy atom. The van der Waals surface area contributed by atoms with Crippen LogP contribution in [0.5, 0.6) is 0 Å². The lowest BCUT2D eigenvalue weighted by Crippen LogP contribution is -2.27. The maximum absolute atomic E-state index is 10.8. The molecule has 0 unspecified atom stereocenters. The Bertz CT molecular complexity index is 210. The minimum atomic E-state index is -0.871. The first-order chi connectivity index (χ1) is 5.20. The summed E-state index contributed by atoms with van der Waals surface area (Å²) in [5.74, 6) is -0.962. The van der Waals surface area contributed by atoms with Crippen LogP contribution in [0.3, 0.4) is 0 Å². The van der Waals surface area contributed by atoms with Crippen LogP contribution in [0.15, 0.2) is 12.2 Å². The first kappa shape index (κ1) is 7.78. The van der Waals surface area contributed by atoms with Crippen LogP contribution < -0.4 is 0 Å². The van der Waals surface area contributed by atoms with Crippen molar-refractivity contribution in [3.05, 3.63) is 12.2 Å². The molecule has 0 spiro atoms. The minimum Gasteiger partial charge on any atom is -0.481 e. The third kappa shape index (κ3) is 2.07. The number of aliphatic carboxylic acids is 1. The predicted octanol–water partition coefficient (Wildman–Crippen LogP) is -0.141. The number of amides is 1. The summed E-state index contributed by atoms with van der Waals surface area (Å²) >= 11 is 0. The Kier molecular flexibility index (Phi) is 2.25. The number of nitrogens with zero attached hydrogens (tertiary/aromatic N) is 1. The fraction of sp³-hybridized carbons (Fsp3) is 0.429. The molecule has 0 atom stereocenters. The van der Waals surface area contributed by atoms with E-state index in [0.29, 0.717) is 13.1 Å². The van der Waals surface area contributed by atoms with Crippen molar-refractivity contribution in [3.63, 3.8) is 0 Å². The molecule has 1 aliphatic heterocycles. The van der Waals surface area contributed by atoms with Crippen molar-refractivity contribution in [2.75, 3.05) is 13.1 Å². The zero-order valence-electron chi connectivity index (χ0n) is 5.99. The molecule has 4 nitrogen and oxygen atoms in total. The SMILES string of the molecule is O=C(O)CCN1CC=CC1=O. The third-order valence-electron chi connectivity index (χ3n) is 1.49. The molecule has 0 aliphatic carbocycles. The second-order valence-corrected chi connectivity index (χ2v) is 2.33. The fourth-order valence-corrected chi connectivity index (χ4v) is 0.908. The fourth-order valence-electron chi connectivity index (χ4n) is 0.908. The predicted molar refractivity (Wildman–Crippen MR) is 38.0 cm³/mol. The van der Waals surface area contributed by atoms with Crippen LogP contribution >= 0.6 is 0 Å². The molecule has 0 saturated heterocycles. The van der Waals surface area contributed by atoms with E-state index in [0.717, 1.165) is 0 Å². The number of carbonyl (C=O) groups excluding carboxylic acids is 1. The standard InChI is InChI=1S/C7H9NO3/c9-6-2-1-4-8(6)5-3-7(10)11/h1-2H,3-5H2,(H,10,11). The van der Waals surface area contributed by atoms with Gasteiger partial charge in [-0.05, 0) is 0 Å². The van der Waals surface area contributed by atoms with Crippen LogP contribution in [0, 0.1) is 0 Å². The molecule has 11 heavy (non-hydrogen) atoms. The van der Waals surface area contributed by atoms with Gasteiger partial charge in [-0.3, -0.25) is 9.59 Å². The van der Waals surface area contributed by atoms with Crippen LogP contribution in [-0.4, -0.2) is 35.0 Å². The van der Waals surface area contributed by atoms with Gasteiger partial charge in [-0.25, -0.2) is 0 Å². The molecule has 60 valence electrons. The molecule has 0 bridgehead atoms. The first-order valence-corrected chi connectivity index (χ1v) is 3.37. The maximum Gasteiger partial charge on any atom is 0.305 e. The van der Waals surface area contributed by atoms with Crippen molar-refractivity contribution >= 4 is 11.9 Å². The summed E-state index contributed by atoms with van der Waals surface area (Å²) in [6.45, 7) is 0.854. The molecule has 1 N–H and O–H groups in total. The topological polar surface area (TPSA) is 57.6 Å². The summed E-state index contributed by atoms with van der Waals surface area (Å²) in [4.78, 5) is 22.4. The van der Waals surface area contributed by atoms with Crippen molar-refractivity contribution in [2.45, 2.75) is 6.42 Å². The average Bonchev–Trinajstić information content (AvgIpc) is 2.31. The van der Waals surface area contributed by atoms with Gasteiger partial charge in [-0.1, -0.05) is 6.08 Å². The highest BCUT2D eigenvalue weighted by Crippen LogP contribution is 2.01. The van der Waals surface area contributed by atoms with E-state index >= 15 is 0 Å². The molecular weight excluding hydrogens is 146 g/mol. The van der Waals surface area contributed by atoms with E-state index in [1.54, 1.807) is 6.08 Å². The molecule has 1 amide bonds. The Balaban J connectivity index is 2.28. The lowest BCUT2D eigenvalue weighted by atomic mass is 10.4. The van der Waals surface area contributed by atoms with Gasteiger partial charge in [0.1, 0.15) is 0 Å². The Labute approximate surface area is 64.1 Å². The number of carbonyl (C=O) groups is 2. The molecule has 0 fully saturated rings. The van der Waals surface area contributed by atoms with Gasteiger partial charge in [0.2, 0.25) is 5.91 Å². The van der Waals surface area contributed by atoms with Gasteiger partial charge < -0.3 is 10.0 Å². The van der Waals surface area contributed by atoms with Gasteiger partial charge in [-0.15, -0.1) is 0 Å². The second kappa shape index (κ2) is 3.18. The number of hydrogen-bond acceptors (Lipinski definition) is 2. The van der Waals surface area contributed by atoms with Gasteiger partial charge in [0.25, 0.3) is 0 Å². The highest BCUT2D eigenvalue weighted by molar-refractivity contribution is 5.90. The van der Waals surface area contributed by atoms with Crippen molar-refractivity contribution in [1.82, 2.24) is 4.90 Å². The summed E-state index contributed by atoms with van der Waals surface area (Å²) in [6.07, 6.45) is 3.21. The van der Waals surface area contributed by atoms with E-state index < -0.39 is 5.97 Å². The first-order valence-electron chi connectivity index (χ1n) is 3.37. The molecule has 0 saturated carbocycles. The van der Waals surface area contributed by atoms with Gasteiger partial charge in [0.15, 0.2) is 0 Å². The summed E-state index contributed by atoms with van der Waals surface area (Å²) in [5.41, 5.74) is 0. The molecule has 0 aromatic rings. The number of rotatable bonds is 3. The Morgan fingerprint density at radius 2 is 2.45 bits per heavy atom.